The molecule has 22 heavy (non-hydrogen) atoms. The van der Waals surface area contributed by atoms with Gasteiger partial charge in [-0.05, 0) is 43.2 Å². The molecule has 0 fully saturated rings. The molecule has 0 spiro atoms. The summed E-state index contributed by atoms with van der Waals surface area (Å²) in [4.78, 5) is 12.1. The first-order valence-electron chi connectivity index (χ1n) is 7.35. The Morgan fingerprint density at radius 2 is 1.86 bits per heavy atom. The molecule has 0 saturated heterocycles. The van der Waals surface area contributed by atoms with Gasteiger partial charge in [-0.3, -0.25) is 4.79 Å². The minimum Gasteiger partial charge on any atom is -0.494 e. The highest BCUT2D eigenvalue weighted by Crippen LogP contribution is 2.19. The van der Waals surface area contributed by atoms with Gasteiger partial charge in [0.05, 0.1) is 19.1 Å². The Kier molecular flexibility index (Phi) is 5.84. The molecule has 0 aromatic heterocycles. The lowest BCUT2D eigenvalue weighted by Crippen LogP contribution is -2.28. The van der Waals surface area contributed by atoms with E-state index in [0.717, 1.165) is 16.9 Å². The highest BCUT2D eigenvalue weighted by atomic mass is 35.5. The van der Waals surface area contributed by atoms with Crippen LogP contribution < -0.4 is 10.1 Å². The first-order chi connectivity index (χ1) is 10.6. The van der Waals surface area contributed by atoms with E-state index in [9.17, 15) is 4.79 Å². The molecular weight excluding hydrogens is 298 g/mol. The van der Waals surface area contributed by atoms with E-state index < -0.39 is 0 Å². The number of ether oxygens (including phenoxy) is 1. The summed E-state index contributed by atoms with van der Waals surface area (Å²) in [5, 5.41) is 3.60. The monoisotopic (exact) mass is 317 g/mol. The third-order valence-corrected chi connectivity index (χ3v) is 3.75. The van der Waals surface area contributed by atoms with Crippen molar-refractivity contribution in [3.05, 3.63) is 64.7 Å². The minimum atomic E-state index is -0.0642. The molecule has 0 radical (unpaired) electrons. The summed E-state index contributed by atoms with van der Waals surface area (Å²) in [5.41, 5.74) is 1.87. The summed E-state index contributed by atoms with van der Waals surface area (Å²) in [5.74, 6) is 0.787. The molecule has 0 bridgehead atoms. The van der Waals surface area contributed by atoms with Gasteiger partial charge in [0.2, 0.25) is 5.91 Å². The molecule has 0 saturated carbocycles. The number of amides is 1. The highest BCUT2D eigenvalue weighted by Gasteiger charge is 2.11. The molecule has 2 rings (SSSR count). The second-order valence-electron chi connectivity index (χ2n) is 5.06. The molecule has 1 unspecified atom stereocenters. The van der Waals surface area contributed by atoms with Crippen LogP contribution in [0.3, 0.4) is 0 Å². The van der Waals surface area contributed by atoms with Crippen LogP contribution >= 0.6 is 11.6 Å². The molecule has 0 aliphatic heterocycles. The topological polar surface area (TPSA) is 38.3 Å². The van der Waals surface area contributed by atoms with E-state index in [2.05, 4.69) is 5.32 Å². The van der Waals surface area contributed by atoms with Crippen LogP contribution in [0.5, 0.6) is 5.75 Å². The van der Waals surface area contributed by atoms with Gasteiger partial charge in [0.1, 0.15) is 5.75 Å². The first kappa shape index (κ1) is 16.4. The van der Waals surface area contributed by atoms with Crippen molar-refractivity contribution >= 4 is 17.5 Å². The average Bonchev–Trinajstić information content (AvgIpc) is 2.50. The lowest BCUT2D eigenvalue weighted by atomic mass is 10.1. The van der Waals surface area contributed by atoms with Gasteiger partial charge in [-0.2, -0.15) is 0 Å². The van der Waals surface area contributed by atoms with E-state index in [-0.39, 0.29) is 18.4 Å². The number of nitrogens with one attached hydrogen (secondary N) is 1. The Morgan fingerprint density at radius 3 is 2.50 bits per heavy atom. The van der Waals surface area contributed by atoms with E-state index >= 15 is 0 Å². The summed E-state index contributed by atoms with van der Waals surface area (Å²) in [6, 6.07) is 15.1. The summed E-state index contributed by atoms with van der Waals surface area (Å²) >= 11 is 6.08. The summed E-state index contributed by atoms with van der Waals surface area (Å²) < 4.78 is 5.41. The van der Waals surface area contributed by atoms with Gasteiger partial charge < -0.3 is 10.1 Å². The number of rotatable bonds is 6. The lowest BCUT2D eigenvalue weighted by Gasteiger charge is -2.15. The fraction of sp³-hybridized carbons (Fsp3) is 0.278. The number of carbonyl (C=O) groups is 1. The predicted molar refractivity (Wildman–Crippen MR) is 89.3 cm³/mol. The fourth-order valence-corrected chi connectivity index (χ4v) is 2.41. The zero-order valence-electron chi connectivity index (χ0n) is 12.8. The van der Waals surface area contributed by atoms with Gasteiger partial charge in [0.15, 0.2) is 0 Å². The van der Waals surface area contributed by atoms with Crippen LogP contribution in [0.25, 0.3) is 0 Å². The maximum atomic E-state index is 12.1. The van der Waals surface area contributed by atoms with Crippen molar-refractivity contribution in [2.45, 2.75) is 26.3 Å². The van der Waals surface area contributed by atoms with Gasteiger partial charge >= 0.3 is 0 Å². The molecule has 0 heterocycles. The van der Waals surface area contributed by atoms with Crippen LogP contribution in [0.1, 0.15) is 31.0 Å². The Labute approximate surface area is 136 Å². The third kappa shape index (κ3) is 4.50. The normalized spacial score (nSPS) is 11.8. The second kappa shape index (κ2) is 7.85. The van der Waals surface area contributed by atoms with Gasteiger partial charge in [-0.25, -0.2) is 0 Å². The van der Waals surface area contributed by atoms with Crippen molar-refractivity contribution in [3.63, 3.8) is 0 Å². The Balaban J connectivity index is 1.94. The Hall–Kier alpha value is -2.00. The lowest BCUT2D eigenvalue weighted by molar-refractivity contribution is -0.121. The number of hydrogen-bond acceptors (Lipinski definition) is 2. The quantitative estimate of drug-likeness (QED) is 0.868. The van der Waals surface area contributed by atoms with Crippen molar-refractivity contribution < 1.29 is 9.53 Å². The maximum Gasteiger partial charge on any atom is 0.224 e. The van der Waals surface area contributed by atoms with Gasteiger partial charge in [-0.15, -0.1) is 0 Å². The van der Waals surface area contributed by atoms with Gasteiger partial charge in [0.25, 0.3) is 0 Å². The van der Waals surface area contributed by atoms with E-state index in [1.54, 1.807) is 6.07 Å². The SMILES string of the molecule is CCOc1ccc(C(C)NC(=O)Cc2ccccc2Cl)cc1. The molecule has 0 aliphatic carbocycles. The van der Waals surface area contributed by atoms with E-state index in [0.29, 0.717) is 11.6 Å². The Bertz CT molecular complexity index is 625. The third-order valence-electron chi connectivity index (χ3n) is 3.38. The summed E-state index contributed by atoms with van der Waals surface area (Å²) in [7, 11) is 0. The van der Waals surface area contributed by atoms with Crippen molar-refractivity contribution in [2.75, 3.05) is 6.61 Å². The number of halogens is 1. The molecule has 2 aromatic carbocycles. The second-order valence-corrected chi connectivity index (χ2v) is 5.47. The molecule has 4 heteroatoms. The van der Waals surface area contributed by atoms with E-state index in [4.69, 9.17) is 16.3 Å². The highest BCUT2D eigenvalue weighted by molar-refractivity contribution is 6.31. The number of hydrogen-bond donors (Lipinski definition) is 1. The maximum absolute atomic E-state index is 12.1. The zero-order valence-corrected chi connectivity index (χ0v) is 13.6. The smallest absolute Gasteiger partial charge is 0.224 e. The molecule has 1 atom stereocenters. The molecular formula is C18H20ClNO2. The van der Waals surface area contributed by atoms with Crippen molar-refractivity contribution in [3.8, 4) is 5.75 Å². The van der Waals surface area contributed by atoms with Crippen LogP contribution in [0.4, 0.5) is 0 Å². The molecule has 3 nitrogen and oxygen atoms in total. The molecule has 1 amide bonds. The van der Waals surface area contributed by atoms with Crippen LogP contribution in [0.2, 0.25) is 5.02 Å². The van der Waals surface area contributed by atoms with Crippen LogP contribution in [0.15, 0.2) is 48.5 Å². The molecule has 116 valence electrons. The first-order valence-corrected chi connectivity index (χ1v) is 7.73. The summed E-state index contributed by atoms with van der Waals surface area (Å²) in [6.45, 7) is 4.55. The van der Waals surface area contributed by atoms with Crippen molar-refractivity contribution in [2.24, 2.45) is 0 Å². The number of carbonyl (C=O) groups excluding carboxylic acids is 1. The Morgan fingerprint density at radius 1 is 1.18 bits per heavy atom. The van der Waals surface area contributed by atoms with Gasteiger partial charge in [-0.1, -0.05) is 41.9 Å². The zero-order chi connectivity index (χ0) is 15.9. The van der Waals surface area contributed by atoms with Crippen LogP contribution in [-0.2, 0) is 11.2 Å². The van der Waals surface area contributed by atoms with E-state index in [1.807, 2.05) is 56.3 Å². The standard InChI is InChI=1S/C18H20ClNO2/c1-3-22-16-10-8-14(9-11-16)13(2)20-18(21)12-15-6-4-5-7-17(15)19/h4-11,13H,3,12H2,1-2H3,(H,20,21). The summed E-state index contributed by atoms with van der Waals surface area (Å²) in [6.07, 6.45) is 0.279. The molecule has 1 N–H and O–H groups in total. The van der Waals surface area contributed by atoms with Gasteiger partial charge in [0, 0.05) is 5.02 Å². The molecule has 2 aromatic rings. The van der Waals surface area contributed by atoms with Crippen LogP contribution in [0, 0.1) is 0 Å². The van der Waals surface area contributed by atoms with E-state index in [1.165, 1.54) is 0 Å². The van der Waals surface area contributed by atoms with Crippen LogP contribution in [-0.4, -0.2) is 12.5 Å². The van der Waals surface area contributed by atoms with Crippen molar-refractivity contribution in [1.82, 2.24) is 5.32 Å². The average molecular weight is 318 g/mol. The fourth-order valence-electron chi connectivity index (χ4n) is 2.21. The number of benzene rings is 2. The predicted octanol–water partition coefficient (Wildman–Crippen LogP) is 4.16. The van der Waals surface area contributed by atoms with Crippen molar-refractivity contribution in [1.29, 1.82) is 0 Å². The largest absolute Gasteiger partial charge is 0.494 e. The molecule has 0 aliphatic rings. The minimum absolute atomic E-state index is 0.0468.